The van der Waals surface area contributed by atoms with E-state index in [4.69, 9.17) is 4.74 Å². The second-order valence-corrected chi connectivity index (χ2v) is 4.70. The topological polar surface area (TPSA) is 34.0 Å². The summed E-state index contributed by atoms with van der Waals surface area (Å²) >= 11 is 0. The SMILES string of the molecule is C/C=C/C=Nc1ccc(Oc2ccc(N=C/C=C/C)cc2)cc1. The van der Waals surface area contributed by atoms with Crippen LogP contribution in [0.2, 0.25) is 0 Å². The zero-order chi connectivity index (χ0) is 16.3. The van der Waals surface area contributed by atoms with E-state index in [9.17, 15) is 0 Å². The summed E-state index contributed by atoms with van der Waals surface area (Å²) in [7, 11) is 0. The summed E-state index contributed by atoms with van der Waals surface area (Å²) in [6, 6.07) is 15.3. The van der Waals surface area contributed by atoms with Gasteiger partial charge in [0.05, 0.1) is 11.4 Å². The molecule has 2 rings (SSSR count). The highest BCUT2D eigenvalue weighted by molar-refractivity contribution is 5.74. The van der Waals surface area contributed by atoms with Crippen molar-refractivity contribution in [3.8, 4) is 11.5 Å². The minimum atomic E-state index is 0.778. The molecule has 0 N–H and O–H groups in total. The average molecular weight is 304 g/mol. The van der Waals surface area contributed by atoms with Crippen LogP contribution in [0.5, 0.6) is 11.5 Å². The largest absolute Gasteiger partial charge is 0.457 e. The molecule has 0 bridgehead atoms. The van der Waals surface area contributed by atoms with E-state index in [1.807, 2.05) is 86.7 Å². The molecule has 0 fully saturated rings. The van der Waals surface area contributed by atoms with Crippen LogP contribution in [0, 0.1) is 0 Å². The molecule has 0 spiro atoms. The predicted molar refractivity (Wildman–Crippen MR) is 98.9 cm³/mol. The minimum Gasteiger partial charge on any atom is -0.457 e. The Morgan fingerprint density at radius 2 is 1.04 bits per heavy atom. The summed E-state index contributed by atoms with van der Waals surface area (Å²) in [5.74, 6) is 1.56. The number of benzene rings is 2. The summed E-state index contributed by atoms with van der Waals surface area (Å²) < 4.78 is 5.81. The van der Waals surface area contributed by atoms with Crippen molar-refractivity contribution in [3.63, 3.8) is 0 Å². The normalized spacial score (nSPS) is 12.1. The summed E-state index contributed by atoms with van der Waals surface area (Å²) in [6.07, 6.45) is 11.2. The number of allylic oxidation sites excluding steroid dienone is 4. The van der Waals surface area contributed by atoms with Crippen molar-refractivity contribution in [1.29, 1.82) is 0 Å². The van der Waals surface area contributed by atoms with Gasteiger partial charge in [-0.3, -0.25) is 9.98 Å². The van der Waals surface area contributed by atoms with Gasteiger partial charge in [-0.15, -0.1) is 0 Å². The molecule has 0 radical (unpaired) electrons. The molecule has 0 heterocycles. The predicted octanol–water partition coefficient (Wildman–Crippen LogP) is 6.04. The van der Waals surface area contributed by atoms with Crippen LogP contribution in [0.25, 0.3) is 0 Å². The zero-order valence-corrected chi connectivity index (χ0v) is 13.4. The first-order valence-electron chi connectivity index (χ1n) is 7.50. The first-order chi connectivity index (χ1) is 11.3. The van der Waals surface area contributed by atoms with Crippen LogP contribution in [-0.2, 0) is 0 Å². The van der Waals surface area contributed by atoms with E-state index < -0.39 is 0 Å². The Hall–Kier alpha value is -2.94. The molecule has 0 saturated heterocycles. The van der Waals surface area contributed by atoms with Gasteiger partial charge in [0.25, 0.3) is 0 Å². The van der Waals surface area contributed by atoms with Gasteiger partial charge in [-0.25, -0.2) is 0 Å². The highest BCUT2D eigenvalue weighted by Gasteiger charge is 1.97. The fourth-order valence-electron chi connectivity index (χ4n) is 1.77. The van der Waals surface area contributed by atoms with Gasteiger partial charge >= 0.3 is 0 Å². The Kier molecular flexibility index (Phi) is 6.54. The van der Waals surface area contributed by atoms with Gasteiger partial charge in [0.15, 0.2) is 0 Å². The molecule has 0 aromatic heterocycles. The smallest absolute Gasteiger partial charge is 0.127 e. The molecule has 3 nitrogen and oxygen atoms in total. The van der Waals surface area contributed by atoms with Crippen LogP contribution in [0.4, 0.5) is 11.4 Å². The van der Waals surface area contributed by atoms with E-state index in [0.29, 0.717) is 0 Å². The van der Waals surface area contributed by atoms with Gasteiger partial charge < -0.3 is 4.74 Å². The van der Waals surface area contributed by atoms with E-state index in [0.717, 1.165) is 22.9 Å². The third-order valence-corrected chi connectivity index (χ3v) is 2.91. The summed E-state index contributed by atoms with van der Waals surface area (Å²) in [5, 5.41) is 0. The third kappa shape index (κ3) is 5.75. The molecule has 0 aliphatic carbocycles. The van der Waals surface area contributed by atoms with Crippen LogP contribution < -0.4 is 4.74 Å². The Morgan fingerprint density at radius 1 is 0.652 bits per heavy atom. The monoisotopic (exact) mass is 304 g/mol. The van der Waals surface area contributed by atoms with Gasteiger partial charge in [-0.1, -0.05) is 12.2 Å². The van der Waals surface area contributed by atoms with Gasteiger partial charge in [0.1, 0.15) is 11.5 Å². The van der Waals surface area contributed by atoms with E-state index in [2.05, 4.69) is 9.98 Å². The molecule has 2 aromatic rings. The summed E-state index contributed by atoms with van der Waals surface area (Å²) in [6.45, 7) is 3.92. The van der Waals surface area contributed by atoms with Crippen LogP contribution in [0.3, 0.4) is 0 Å². The molecule has 116 valence electrons. The Morgan fingerprint density at radius 3 is 1.39 bits per heavy atom. The van der Waals surface area contributed by atoms with Crippen molar-refractivity contribution in [3.05, 3.63) is 72.8 Å². The maximum Gasteiger partial charge on any atom is 0.127 e. The van der Waals surface area contributed by atoms with Gasteiger partial charge in [0, 0.05) is 12.4 Å². The lowest BCUT2D eigenvalue weighted by molar-refractivity contribution is 0.483. The van der Waals surface area contributed by atoms with E-state index in [1.165, 1.54) is 0 Å². The minimum absolute atomic E-state index is 0.778. The summed E-state index contributed by atoms with van der Waals surface area (Å²) in [4.78, 5) is 8.61. The zero-order valence-electron chi connectivity index (χ0n) is 13.4. The van der Waals surface area contributed by atoms with E-state index in [-0.39, 0.29) is 0 Å². The van der Waals surface area contributed by atoms with Crippen LogP contribution in [-0.4, -0.2) is 12.4 Å². The van der Waals surface area contributed by atoms with Gasteiger partial charge in [-0.2, -0.15) is 0 Å². The van der Waals surface area contributed by atoms with Crippen molar-refractivity contribution in [2.45, 2.75) is 13.8 Å². The van der Waals surface area contributed by atoms with Crippen molar-refractivity contribution in [2.75, 3.05) is 0 Å². The average Bonchev–Trinajstić information content (AvgIpc) is 2.58. The molecule has 0 unspecified atom stereocenters. The quantitative estimate of drug-likeness (QED) is 0.599. The molecular weight excluding hydrogens is 284 g/mol. The maximum absolute atomic E-state index is 5.81. The number of hydrogen-bond acceptors (Lipinski definition) is 3. The van der Waals surface area contributed by atoms with Crippen molar-refractivity contribution >= 4 is 23.8 Å². The molecular formula is C20H20N2O. The molecule has 3 heteroatoms. The lowest BCUT2D eigenvalue weighted by atomic mass is 10.3. The maximum atomic E-state index is 5.81. The number of rotatable bonds is 6. The second-order valence-electron chi connectivity index (χ2n) is 4.70. The van der Waals surface area contributed by atoms with Crippen molar-refractivity contribution < 1.29 is 4.74 Å². The molecule has 0 saturated carbocycles. The standard InChI is InChI=1S/C20H20N2O/c1-3-5-15-21-17-7-11-19(12-8-17)23-20-13-9-18(10-14-20)22-16-6-4-2/h3-16H,1-2H3/b5-3+,6-4+,21-15?,22-16?. The Bertz CT molecular complexity index is 645. The molecule has 0 atom stereocenters. The molecule has 23 heavy (non-hydrogen) atoms. The number of aliphatic imine (C=N–C) groups is 2. The van der Waals surface area contributed by atoms with Crippen LogP contribution in [0.15, 0.2) is 82.8 Å². The second kappa shape index (κ2) is 9.15. The number of nitrogens with zero attached hydrogens (tertiary/aromatic N) is 2. The molecule has 0 aliphatic rings. The first-order valence-corrected chi connectivity index (χ1v) is 7.50. The fourth-order valence-corrected chi connectivity index (χ4v) is 1.77. The van der Waals surface area contributed by atoms with Gasteiger partial charge in [-0.05, 0) is 74.5 Å². The van der Waals surface area contributed by atoms with Crippen molar-refractivity contribution in [2.24, 2.45) is 9.98 Å². The molecule has 2 aromatic carbocycles. The Labute approximate surface area is 137 Å². The lowest BCUT2D eigenvalue weighted by Gasteiger charge is -2.05. The highest BCUT2D eigenvalue weighted by Crippen LogP contribution is 2.25. The molecule has 0 aliphatic heterocycles. The van der Waals surface area contributed by atoms with Gasteiger partial charge in [0.2, 0.25) is 0 Å². The lowest BCUT2D eigenvalue weighted by Crippen LogP contribution is -1.82. The molecule has 0 amide bonds. The first kappa shape index (κ1) is 16.4. The van der Waals surface area contributed by atoms with Crippen LogP contribution in [0.1, 0.15) is 13.8 Å². The fraction of sp³-hybridized carbons (Fsp3) is 0.100. The van der Waals surface area contributed by atoms with Crippen molar-refractivity contribution in [1.82, 2.24) is 0 Å². The van der Waals surface area contributed by atoms with E-state index in [1.54, 1.807) is 12.4 Å². The summed E-state index contributed by atoms with van der Waals surface area (Å²) in [5.41, 5.74) is 1.79. The third-order valence-electron chi connectivity index (χ3n) is 2.91. The highest BCUT2D eigenvalue weighted by atomic mass is 16.5. The Balaban J connectivity index is 1.99. The van der Waals surface area contributed by atoms with Crippen LogP contribution >= 0.6 is 0 Å². The number of ether oxygens (including phenoxy) is 1. The van der Waals surface area contributed by atoms with E-state index >= 15 is 0 Å². The number of hydrogen-bond donors (Lipinski definition) is 0.